The molecular formula is C19H25FN4O4. The smallest absolute Gasteiger partial charge is 0.346 e. The molecule has 0 saturated carbocycles. The van der Waals surface area contributed by atoms with Gasteiger partial charge in [0.25, 0.3) is 0 Å². The average Bonchev–Trinajstić information content (AvgIpc) is 3.22. The molecule has 28 heavy (non-hydrogen) atoms. The predicted molar refractivity (Wildman–Crippen MR) is 99.5 cm³/mol. The van der Waals surface area contributed by atoms with Gasteiger partial charge in [0.1, 0.15) is 30.8 Å². The first-order valence-electron chi connectivity index (χ1n) is 9.43. The van der Waals surface area contributed by atoms with Crippen LogP contribution in [0.4, 0.5) is 4.39 Å². The highest BCUT2D eigenvalue weighted by Gasteiger charge is 2.31. The van der Waals surface area contributed by atoms with E-state index in [-0.39, 0.29) is 49.1 Å². The molecule has 1 aliphatic heterocycles. The average molecular weight is 392 g/mol. The van der Waals surface area contributed by atoms with Gasteiger partial charge in [0.2, 0.25) is 5.91 Å². The second kappa shape index (κ2) is 9.01. The molecule has 1 N–H and O–H groups in total. The van der Waals surface area contributed by atoms with Crippen molar-refractivity contribution in [3.63, 3.8) is 0 Å². The molecule has 2 atom stereocenters. The van der Waals surface area contributed by atoms with Gasteiger partial charge < -0.3 is 14.8 Å². The molecule has 1 amide bonds. The lowest BCUT2D eigenvalue weighted by molar-refractivity contribution is -0.122. The van der Waals surface area contributed by atoms with Gasteiger partial charge in [0.15, 0.2) is 5.82 Å². The third-order valence-electron chi connectivity index (χ3n) is 4.69. The van der Waals surface area contributed by atoms with Crippen LogP contribution in [-0.4, -0.2) is 40.0 Å². The second-order valence-corrected chi connectivity index (χ2v) is 6.76. The lowest BCUT2D eigenvalue weighted by atomic mass is 10.0. The largest absolute Gasteiger partial charge is 0.492 e. The molecule has 152 valence electrons. The van der Waals surface area contributed by atoms with E-state index in [0.717, 1.165) is 11.1 Å². The van der Waals surface area contributed by atoms with Crippen LogP contribution in [0.1, 0.15) is 32.2 Å². The van der Waals surface area contributed by atoms with Crippen LogP contribution < -0.4 is 15.7 Å². The van der Waals surface area contributed by atoms with Gasteiger partial charge in [-0.2, -0.15) is 5.10 Å². The van der Waals surface area contributed by atoms with E-state index in [2.05, 4.69) is 17.3 Å². The molecule has 1 aromatic heterocycles. The molecule has 8 nitrogen and oxygen atoms in total. The number of hydrogen-bond acceptors (Lipinski definition) is 5. The van der Waals surface area contributed by atoms with Crippen LogP contribution in [0.15, 0.2) is 29.1 Å². The maximum atomic E-state index is 13.1. The molecule has 1 fully saturated rings. The highest BCUT2D eigenvalue weighted by atomic mass is 19.1. The van der Waals surface area contributed by atoms with Gasteiger partial charge in [0, 0.05) is 19.2 Å². The quantitative estimate of drug-likeness (QED) is 0.688. The number of benzene rings is 1. The summed E-state index contributed by atoms with van der Waals surface area (Å²) in [6, 6.07) is 5.78. The summed E-state index contributed by atoms with van der Waals surface area (Å²) in [5.41, 5.74) is -0.327. The van der Waals surface area contributed by atoms with E-state index in [1.807, 2.05) is 6.92 Å². The lowest BCUT2D eigenvalue weighted by Gasteiger charge is -2.13. The maximum Gasteiger partial charge on any atom is 0.346 e. The van der Waals surface area contributed by atoms with E-state index in [0.29, 0.717) is 24.7 Å². The summed E-state index contributed by atoms with van der Waals surface area (Å²) < 4.78 is 26.9. The molecule has 9 heteroatoms. The van der Waals surface area contributed by atoms with Crippen LogP contribution in [0, 0.1) is 11.7 Å². The number of rotatable bonds is 8. The van der Waals surface area contributed by atoms with E-state index in [1.54, 1.807) is 16.7 Å². The Balaban J connectivity index is 1.55. The molecule has 0 unspecified atom stereocenters. The second-order valence-electron chi connectivity index (χ2n) is 6.76. The van der Waals surface area contributed by atoms with Crippen molar-refractivity contribution in [2.45, 2.75) is 39.5 Å². The van der Waals surface area contributed by atoms with Crippen LogP contribution in [0.5, 0.6) is 5.75 Å². The molecule has 0 radical (unpaired) electrons. The van der Waals surface area contributed by atoms with Crippen LogP contribution in [0.3, 0.4) is 0 Å². The summed E-state index contributed by atoms with van der Waals surface area (Å²) in [7, 11) is 0. The molecule has 2 aromatic rings. The molecule has 1 aliphatic rings. The van der Waals surface area contributed by atoms with Crippen molar-refractivity contribution in [3.8, 4) is 5.75 Å². The van der Waals surface area contributed by atoms with Crippen molar-refractivity contribution in [1.82, 2.24) is 19.7 Å². The SMILES string of the molecule is CCn1c([C@H]2OCC[C@H]2C)nn(CC(=O)NCCOc2cccc(F)c2)c1=O. The number of ether oxygens (including phenoxy) is 2. The first-order chi connectivity index (χ1) is 13.5. The minimum absolute atomic E-state index is 0.181. The highest BCUT2D eigenvalue weighted by molar-refractivity contribution is 5.75. The molecule has 2 heterocycles. The summed E-state index contributed by atoms with van der Waals surface area (Å²) in [4.78, 5) is 24.7. The van der Waals surface area contributed by atoms with E-state index < -0.39 is 0 Å². The Morgan fingerprint density at radius 3 is 2.96 bits per heavy atom. The fourth-order valence-electron chi connectivity index (χ4n) is 3.20. The third kappa shape index (κ3) is 4.59. The minimum atomic E-state index is -0.385. The Morgan fingerprint density at radius 2 is 2.29 bits per heavy atom. The summed E-state index contributed by atoms with van der Waals surface area (Å²) in [5.74, 6) is 0.498. The highest BCUT2D eigenvalue weighted by Crippen LogP contribution is 2.32. The van der Waals surface area contributed by atoms with E-state index >= 15 is 0 Å². The number of nitrogens with zero attached hydrogens (tertiary/aromatic N) is 3. The van der Waals surface area contributed by atoms with E-state index in [4.69, 9.17) is 9.47 Å². The predicted octanol–water partition coefficient (Wildman–Crippen LogP) is 1.50. The molecule has 1 aromatic carbocycles. The fraction of sp³-hybridized carbons (Fsp3) is 0.526. The van der Waals surface area contributed by atoms with Gasteiger partial charge in [-0.3, -0.25) is 9.36 Å². The van der Waals surface area contributed by atoms with Crippen LogP contribution >= 0.6 is 0 Å². The monoisotopic (exact) mass is 392 g/mol. The maximum absolute atomic E-state index is 13.1. The van der Waals surface area contributed by atoms with Gasteiger partial charge in [-0.05, 0) is 31.4 Å². The van der Waals surface area contributed by atoms with Crippen molar-refractivity contribution in [2.24, 2.45) is 5.92 Å². The molecule has 0 aliphatic carbocycles. The number of hydrogen-bond donors (Lipinski definition) is 1. The number of nitrogens with one attached hydrogen (secondary N) is 1. The van der Waals surface area contributed by atoms with Crippen molar-refractivity contribution in [3.05, 3.63) is 46.4 Å². The Hall–Kier alpha value is -2.68. The number of amides is 1. The first-order valence-corrected chi connectivity index (χ1v) is 9.43. The molecule has 0 bridgehead atoms. The molecule has 3 rings (SSSR count). The van der Waals surface area contributed by atoms with Crippen molar-refractivity contribution >= 4 is 5.91 Å². The molecule has 0 spiro atoms. The van der Waals surface area contributed by atoms with Crippen molar-refractivity contribution < 1.29 is 18.7 Å². The summed E-state index contributed by atoms with van der Waals surface area (Å²) >= 11 is 0. The Labute approximate surface area is 162 Å². The summed E-state index contributed by atoms with van der Waals surface area (Å²) in [5, 5.41) is 7.02. The third-order valence-corrected chi connectivity index (χ3v) is 4.69. The van der Waals surface area contributed by atoms with Gasteiger partial charge in [0.05, 0.1) is 6.54 Å². The number of carbonyl (C=O) groups excluding carboxylic acids is 1. The van der Waals surface area contributed by atoms with Gasteiger partial charge >= 0.3 is 5.69 Å². The summed E-state index contributed by atoms with van der Waals surface area (Å²) in [6.07, 6.45) is 0.693. The Morgan fingerprint density at radius 1 is 1.46 bits per heavy atom. The van der Waals surface area contributed by atoms with Crippen molar-refractivity contribution in [2.75, 3.05) is 19.8 Å². The van der Waals surface area contributed by atoms with Crippen molar-refractivity contribution in [1.29, 1.82) is 0 Å². The van der Waals surface area contributed by atoms with E-state index in [9.17, 15) is 14.0 Å². The van der Waals surface area contributed by atoms with Gasteiger partial charge in [-0.15, -0.1) is 0 Å². The Kier molecular flexibility index (Phi) is 6.45. The standard InChI is InChI=1S/C19H25FN4O4/c1-3-23-18(17-13(2)7-9-28-17)22-24(19(23)26)12-16(25)21-8-10-27-15-6-4-5-14(20)11-15/h4-6,11,13,17H,3,7-10,12H2,1-2H3,(H,21,25)/t13-,17+/m1/s1. The van der Waals surface area contributed by atoms with Crippen LogP contribution in [-0.2, 0) is 22.6 Å². The zero-order chi connectivity index (χ0) is 20.1. The number of aromatic nitrogens is 3. The number of carbonyl (C=O) groups is 1. The van der Waals surface area contributed by atoms with Gasteiger partial charge in [-0.25, -0.2) is 13.9 Å². The minimum Gasteiger partial charge on any atom is -0.492 e. The van der Waals surface area contributed by atoms with Crippen LogP contribution in [0.25, 0.3) is 0 Å². The van der Waals surface area contributed by atoms with Crippen LogP contribution in [0.2, 0.25) is 0 Å². The van der Waals surface area contributed by atoms with Gasteiger partial charge in [-0.1, -0.05) is 13.0 Å². The fourth-order valence-corrected chi connectivity index (χ4v) is 3.20. The zero-order valence-electron chi connectivity index (χ0n) is 16.1. The molecule has 1 saturated heterocycles. The van der Waals surface area contributed by atoms with E-state index in [1.165, 1.54) is 12.1 Å². The normalized spacial score (nSPS) is 19.0. The topological polar surface area (TPSA) is 87.4 Å². The lowest BCUT2D eigenvalue weighted by Crippen LogP contribution is -2.35. The summed E-state index contributed by atoms with van der Waals surface area (Å²) in [6.45, 7) is 5.26. The zero-order valence-corrected chi connectivity index (χ0v) is 16.1. The Bertz CT molecular complexity index is 879. The molecular weight excluding hydrogens is 367 g/mol. The number of halogens is 1. The first kappa shape index (κ1) is 20.1.